The summed E-state index contributed by atoms with van der Waals surface area (Å²) in [5.74, 6) is 1.11. The zero-order chi connectivity index (χ0) is 19.9. The summed E-state index contributed by atoms with van der Waals surface area (Å²) in [5, 5.41) is 0. The first kappa shape index (κ1) is 20.7. The van der Waals surface area contributed by atoms with Crippen LogP contribution in [0.2, 0.25) is 0 Å². The van der Waals surface area contributed by atoms with Crippen LogP contribution in [0, 0.1) is 0 Å². The summed E-state index contributed by atoms with van der Waals surface area (Å²) >= 11 is 0. The largest absolute Gasteiger partial charge is 0.497 e. The van der Waals surface area contributed by atoms with Gasteiger partial charge in [0.1, 0.15) is 11.5 Å². The van der Waals surface area contributed by atoms with E-state index in [0.29, 0.717) is 18.0 Å². The molecule has 0 aliphatic rings. The quantitative estimate of drug-likeness (QED) is 0.706. The third-order valence-electron chi connectivity index (χ3n) is 4.04. The summed E-state index contributed by atoms with van der Waals surface area (Å²) < 4.78 is 37.6. The molecule has 146 valence electrons. The summed E-state index contributed by atoms with van der Waals surface area (Å²) in [5.41, 5.74) is 0.855. The van der Waals surface area contributed by atoms with Gasteiger partial charge >= 0.3 is 0 Å². The zero-order valence-corrected chi connectivity index (χ0v) is 16.5. The van der Waals surface area contributed by atoms with E-state index in [2.05, 4.69) is 4.72 Å². The summed E-state index contributed by atoms with van der Waals surface area (Å²) in [4.78, 5) is 13.6. The van der Waals surface area contributed by atoms with Crippen molar-refractivity contribution in [1.29, 1.82) is 0 Å². The molecule has 1 N–H and O–H groups in total. The summed E-state index contributed by atoms with van der Waals surface area (Å²) in [6.07, 6.45) is 0. The van der Waals surface area contributed by atoms with E-state index in [4.69, 9.17) is 9.47 Å². The maximum Gasteiger partial charge on any atom is 0.240 e. The van der Waals surface area contributed by atoms with Gasteiger partial charge in [0, 0.05) is 32.1 Å². The van der Waals surface area contributed by atoms with E-state index in [0.717, 1.165) is 5.56 Å². The minimum atomic E-state index is -3.66. The Labute approximate surface area is 160 Å². The fourth-order valence-electron chi connectivity index (χ4n) is 2.54. The minimum absolute atomic E-state index is 0.100. The molecule has 2 rings (SSSR count). The van der Waals surface area contributed by atoms with Crippen LogP contribution in [0.4, 0.5) is 0 Å². The molecule has 0 spiro atoms. The van der Waals surface area contributed by atoms with Crippen LogP contribution in [-0.4, -0.2) is 46.5 Å². The molecule has 0 aliphatic heterocycles. The number of rotatable bonds is 9. The number of benzene rings is 2. The molecule has 0 fully saturated rings. The highest BCUT2D eigenvalue weighted by atomic mass is 32.2. The maximum atomic E-state index is 12.4. The Hall–Kier alpha value is -2.58. The van der Waals surface area contributed by atoms with Crippen molar-refractivity contribution in [3.05, 3.63) is 54.1 Å². The van der Waals surface area contributed by atoms with E-state index >= 15 is 0 Å². The molecule has 7 nitrogen and oxygen atoms in total. The first-order valence-electron chi connectivity index (χ1n) is 8.38. The van der Waals surface area contributed by atoms with Gasteiger partial charge in [-0.1, -0.05) is 18.2 Å². The maximum absolute atomic E-state index is 12.4. The third kappa shape index (κ3) is 5.70. The van der Waals surface area contributed by atoms with E-state index in [9.17, 15) is 13.2 Å². The van der Waals surface area contributed by atoms with Gasteiger partial charge in [-0.25, -0.2) is 13.1 Å². The Morgan fingerprint density at radius 1 is 1.04 bits per heavy atom. The molecule has 2 aromatic rings. The molecule has 2 aromatic carbocycles. The van der Waals surface area contributed by atoms with E-state index in [1.807, 2.05) is 24.3 Å². The average Bonchev–Trinajstić information content (AvgIpc) is 2.67. The number of carbonyl (C=O) groups excluding carboxylic acids is 1. The zero-order valence-electron chi connectivity index (χ0n) is 15.6. The Morgan fingerprint density at radius 3 is 2.30 bits per heavy atom. The van der Waals surface area contributed by atoms with E-state index in [1.165, 1.54) is 26.2 Å². The number of carbonyl (C=O) groups is 1. The summed E-state index contributed by atoms with van der Waals surface area (Å²) in [6, 6.07) is 13.5. The monoisotopic (exact) mass is 392 g/mol. The van der Waals surface area contributed by atoms with E-state index in [1.54, 1.807) is 24.1 Å². The second kappa shape index (κ2) is 9.38. The van der Waals surface area contributed by atoms with E-state index in [-0.39, 0.29) is 23.9 Å². The van der Waals surface area contributed by atoms with Gasteiger partial charge in [0.25, 0.3) is 0 Å². The summed E-state index contributed by atoms with van der Waals surface area (Å²) in [7, 11) is -0.577. The molecular formula is C19H24N2O5S. The van der Waals surface area contributed by atoms with Gasteiger partial charge < -0.3 is 14.4 Å². The van der Waals surface area contributed by atoms with Gasteiger partial charge in [-0.05, 0) is 30.3 Å². The van der Waals surface area contributed by atoms with Gasteiger partial charge in [-0.2, -0.15) is 0 Å². The van der Waals surface area contributed by atoms with Crippen molar-refractivity contribution in [2.45, 2.75) is 18.4 Å². The predicted molar refractivity (Wildman–Crippen MR) is 102 cm³/mol. The number of nitrogens with zero attached hydrogens (tertiary/aromatic N) is 1. The van der Waals surface area contributed by atoms with Crippen LogP contribution in [0.5, 0.6) is 11.5 Å². The number of methoxy groups -OCH3 is 2. The normalized spacial score (nSPS) is 11.1. The van der Waals surface area contributed by atoms with Crippen LogP contribution in [0.25, 0.3) is 0 Å². The molecule has 0 aliphatic carbocycles. The lowest BCUT2D eigenvalue weighted by atomic mass is 10.2. The molecule has 0 bridgehead atoms. The number of para-hydroxylation sites is 1. The highest BCUT2D eigenvalue weighted by Crippen LogP contribution is 2.19. The number of hydrogen-bond acceptors (Lipinski definition) is 5. The Bertz CT molecular complexity index is 866. The highest BCUT2D eigenvalue weighted by molar-refractivity contribution is 7.89. The molecule has 0 aromatic heterocycles. The third-order valence-corrected chi connectivity index (χ3v) is 5.52. The molecule has 8 heteroatoms. The molecule has 1 amide bonds. The summed E-state index contributed by atoms with van der Waals surface area (Å²) in [6.45, 7) is 2.13. The Balaban J connectivity index is 2.00. The Kier molecular flexibility index (Phi) is 7.20. The number of hydrogen-bond donors (Lipinski definition) is 1. The first-order chi connectivity index (χ1) is 12.9. The number of nitrogens with one attached hydrogen (secondary N) is 1. The lowest BCUT2D eigenvalue weighted by Gasteiger charge is -2.22. The molecular weight excluding hydrogens is 368 g/mol. The second-order valence-corrected chi connectivity index (χ2v) is 7.59. The van der Waals surface area contributed by atoms with Crippen LogP contribution >= 0.6 is 0 Å². The van der Waals surface area contributed by atoms with Gasteiger partial charge in [0.2, 0.25) is 15.9 Å². The van der Waals surface area contributed by atoms with Crippen LogP contribution in [0.15, 0.2) is 53.4 Å². The van der Waals surface area contributed by atoms with Crippen molar-refractivity contribution < 1.29 is 22.7 Å². The van der Waals surface area contributed by atoms with Gasteiger partial charge in [-0.3, -0.25) is 4.79 Å². The van der Waals surface area contributed by atoms with Crippen LogP contribution in [0.3, 0.4) is 0 Å². The average molecular weight is 392 g/mol. The smallest absolute Gasteiger partial charge is 0.240 e. The first-order valence-corrected chi connectivity index (χ1v) is 9.87. The fourth-order valence-corrected chi connectivity index (χ4v) is 3.56. The van der Waals surface area contributed by atoms with Crippen molar-refractivity contribution >= 4 is 15.9 Å². The molecule has 0 saturated heterocycles. The molecule has 0 unspecified atom stereocenters. The highest BCUT2D eigenvalue weighted by Gasteiger charge is 2.16. The van der Waals surface area contributed by atoms with Crippen molar-refractivity contribution in [2.24, 2.45) is 0 Å². The van der Waals surface area contributed by atoms with Crippen LogP contribution in [-0.2, 0) is 21.4 Å². The lowest BCUT2D eigenvalue weighted by Crippen LogP contribution is -2.37. The standard InChI is InChI=1S/C19H24N2O5S/c1-15(22)21(14-16-6-4-5-7-19(16)26-3)13-12-20-27(23,24)18-10-8-17(25-2)9-11-18/h4-11,20H,12-14H2,1-3H3. The second-order valence-electron chi connectivity index (χ2n) is 5.83. The Morgan fingerprint density at radius 2 is 1.70 bits per heavy atom. The van der Waals surface area contributed by atoms with Crippen molar-refractivity contribution in [3.63, 3.8) is 0 Å². The van der Waals surface area contributed by atoms with Crippen molar-refractivity contribution in [2.75, 3.05) is 27.3 Å². The topological polar surface area (TPSA) is 84.9 Å². The molecule has 0 atom stereocenters. The molecule has 0 saturated carbocycles. The van der Waals surface area contributed by atoms with Gasteiger partial charge in [0.05, 0.1) is 19.1 Å². The predicted octanol–water partition coefficient (Wildman–Crippen LogP) is 2.03. The number of ether oxygens (including phenoxy) is 2. The van der Waals surface area contributed by atoms with Crippen LogP contribution in [0.1, 0.15) is 12.5 Å². The molecule has 0 radical (unpaired) electrons. The number of sulfonamides is 1. The van der Waals surface area contributed by atoms with Crippen LogP contribution < -0.4 is 14.2 Å². The van der Waals surface area contributed by atoms with E-state index < -0.39 is 10.0 Å². The fraction of sp³-hybridized carbons (Fsp3) is 0.316. The molecule has 0 heterocycles. The number of amides is 1. The lowest BCUT2D eigenvalue weighted by molar-refractivity contribution is -0.129. The minimum Gasteiger partial charge on any atom is -0.497 e. The molecule has 27 heavy (non-hydrogen) atoms. The van der Waals surface area contributed by atoms with Crippen molar-refractivity contribution in [1.82, 2.24) is 9.62 Å². The van der Waals surface area contributed by atoms with Gasteiger partial charge in [0.15, 0.2) is 0 Å². The SMILES string of the molecule is COc1ccc(S(=O)(=O)NCCN(Cc2ccccc2OC)C(C)=O)cc1. The van der Waals surface area contributed by atoms with Crippen molar-refractivity contribution in [3.8, 4) is 11.5 Å². The van der Waals surface area contributed by atoms with Gasteiger partial charge in [-0.15, -0.1) is 0 Å².